The van der Waals surface area contributed by atoms with E-state index in [1.807, 2.05) is 0 Å². The Hall–Kier alpha value is -4.12. The van der Waals surface area contributed by atoms with Crippen LogP contribution in [0.5, 0.6) is 11.5 Å². The maximum Gasteiger partial charge on any atom is 0.335 e. The molecule has 2 rings (SSSR count). The molecule has 0 saturated carbocycles. The molecule has 0 bridgehead atoms. The number of ether oxygens (including phenoxy) is 2. The molecule has 130 valence electrons. The molecule has 0 unspecified atom stereocenters. The van der Waals surface area contributed by atoms with E-state index in [1.165, 1.54) is 24.3 Å². The predicted octanol–water partition coefficient (Wildman–Crippen LogP) is 1.55. The summed E-state index contributed by atoms with van der Waals surface area (Å²) in [4.78, 5) is 43.1. The van der Waals surface area contributed by atoms with Crippen molar-refractivity contribution in [3.8, 4) is 23.3 Å². The second-order valence-corrected chi connectivity index (χ2v) is 4.78. The first-order chi connectivity index (χ1) is 12.4. The minimum Gasteiger partial charge on any atom is -0.478 e. The lowest BCUT2D eigenvalue weighted by molar-refractivity contribution is -0.121. The fourth-order valence-corrected chi connectivity index (χ4v) is 1.98. The normalized spacial score (nSPS) is 9.38. The maximum absolute atomic E-state index is 11.1. The summed E-state index contributed by atoms with van der Waals surface area (Å²) in [6, 6.07) is 7.52. The van der Waals surface area contributed by atoms with E-state index in [4.69, 9.17) is 10.2 Å². The first-order valence-corrected chi connectivity index (χ1v) is 6.92. The largest absolute Gasteiger partial charge is 0.478 e. The molecular formula is C18H10O8. The zero-order valence-corrected chi connectivity index (χ0v) is 13.0. The number of benzene rings is 2. The van der Waals surface area contributed by atoms with E-state index in [9.17, 15) is 19.2 Å². The van der Waals surface area contributed by atoms with Gasteiger partial charge in [-0.3, -0.25) is 9.59 Å². The first kappa shape index (κ1) is 18.2. The van der Waals surface area contributed by atoms with Crippen molar-refractivity contribution in [3.05, 3.63) is 58.7 Å². The molecule has 0 heterocycles. The van der Waals surface area contributed by atoms with Crippen LogP contribution in [0.25, 0.3) is 0 Å². The van der Waals surface area contributed by atoms with Crippen LogP contribution in [0.15, 0.2) is 36.4 Å². The number of rotatable bonds is 6. The molecule has 0 atom stereocenters. The maximum atomic E-state index is 11.1. The van der Waals surface area contributed by atoms with Crippen molar-refractivity contribution < 1.29 is 38.9 Å². The Bertz CT molecular complexity index is 874. The third-order valence-electron chi connectivity index (χ3n) is 3.03. The van der Waals surface area contributed by atoms with Crippen molar-refractivity contribution in [2.24, 2.45) is 0 Å². The summed E-state index contributed by atoms with van der Waals surface area (Å²) < 4.78 is 9.29. The van der Waals surface area contributed by atoms with E-state index in [1.54, 1.807) is 0 Å². The number of hydrogen-bond donors (Lipinski definition) is 2. The molecule has 0 aliphatic rings. The molecule has 0 aliphatic carbocycles. The third-order valence-corrected chi connectivity index (χ3v) is 3.03. The van der Waals surface area contributed by atoms with Crippen molar-refractivity contribution in [1.29, 1.82) is 0 Å². The fraction of sp³-hybridized carbons (Fsp3) is 0. The fourth-order valence-electron chi connectivity index (χ4n) is 1.98. The summed E-state index contributed by atoms with van der Waals surface area (Å²) in [5.74, 6) is 2.80. The number of hydrogen-bond acceptors (Lipinski definition) is 6. The zero-order chi connectivity index (χ0) is 19.1. The van der Waals surface area contributed by atoms with E-state index in [-0.39, 0.29) is 46.7 Å². The van der Waals surface area contributed by atoms with Gasteiger partial charge in [0.1, 0.15) is 11.5 Å². The topological polar surface area (TPSA) is 127 Å². The number of carboxylic acids is 2. The molecule has 2 aromatic rings. The lowest BCUT2D eigenvalue weighted by Crippen LogP contribution is -1.99. The van der Waals surface area contributed by atoms with Gasteiger partial charge < -0.3 is 19.7 Å². The van der Waals surface area contributed by atoms with Crippen LogP contribution in [0.2, 0.25) is 0 Å². The number of carboxylic acid groups (broad SMARTS) is 2. The first-order valence-electron chi connectivity index (χ1n) is 6.92. The van der Waals surface area contributed by atoms with Crippen molar-refractivity contribution in [3.63, 3.8) is 0 Å². The van der Waals surface area contributed by atoms with Gasteiger partial charge in [-0.05, 0) is 36.4 Å². The van der Waals surface area contributed by atoms with Gasteiger partial charge in [-0.25, -0.2) is 9.59 Å². The van der Waals surface area contributed by atoms with E-state index in [0.29, 0.717) is 0 Å². The third kappa shape index (κ3) is 4.69. The van der Waals surface area contributed by atoms with Crippen molar-refractivity contribution in [2.75, 3.05) is 0 Å². The SMILES string of the molecule is O=COc1cc(C#Cc2cc(OC=O)cc(C(=O)O)c2)cc(C(=O)O)c1. The smallest absolute Gasteiger partial charge is 0.335 e. The molecule has 0 fully saturated rings. The molecule has 0 saturated heterocycles. The quantitative estimate of drug-likeness (QED) is 0.591. The van der Waals surface area contributed by atoms with Gasteiger partial charge >= 0.3 is 11.9 Å². The van der Waals surface area contributed by atoms with Crippen LogP contribution in [0.1, 0.15) is 31.8 Å². The minimum atomic E-state index is -1.24. The summed E-state index contributed by atoms with van der Waals surface area (Å²) in [5, 5.41) is 18.1. The summed E-state index contributed by atoms with van der Waals surface area (Å²) in [5.41, 5.74) is 0.163. The van der Waals surface area contributed by atoms with E-state index in [2.05, 4.69) is 21.3 Å². The Morgan fingerprint density at radius 2 is 1.12 bits per heavy atom. The molecule has 2 aromatic carbocycles. The second kappa shape index (κ2) is 8.12. The highest BCUT2D eigenvalue weighted by atomic mass is 16.5. The molecule has 0 amide bonds. The zero-order valence-electron chi connectivity index (χ0n) is 13.0. The van der Waals surface area contributed by atoms with Gasteiger partial charge in [0.2, 0.25) is 0 Å². The highest BCUT2D eigenvalue weighted by Crippen LogP contribution is 2.19. The summed E-state index contributed by atoms with van der Waals surface area (Å²) in [6.07, 6.45) is 0. The van der Waals surface area contributed by atoms with Gasteiger partial charge in [0.25, 0.3) is 12.9 Å². The van der Waals surface area contributed by atoms with Crippen LogP contribution >= 0.6 is 0 Å². The highest BCUT2D eigenvalue weighted by Gasteiger charge is 2.09. The van der Waals surface area contributed by atoms with Crippen LogP contribution in [0.4, 0.5) is 0 Å². The monoisotopic (exact) mass is 354 g/mol. The minimum absolute atomic E-state index is 0.00605. The van der Waals surface area contributed by atoms with Crippen LogP contribution in [0, 0.1) is 11.8 Å². The van der Waals surface area contributed by atoms with E-state index < -0.39 is 11.9 Å². The molecule has 26 heavy (non-hydrogen) atoms. The standard InChI is InChI=1S/C18H10O8/c19-9-25-15-5-11(3-13(7-15)17(21)22)1-2-12-4-14(18(23)24)8-16(6-12)26-10-20/h3-10H,(H,21,22)(H,23,24). The Morgan fingerprint density at radius 1 is 0.731 bits per heavy atom. The van der Waals surface area contributed by atoms with Gasteiger partial charge in [0.15, 0.2) is 0 Å². The number of carbonyl (C=O) groups excluding carboxylic acids is 2. The molecule has 2 N–H and O–H groups in total. The predicted molar refractivity (Wildman–Crippen MR) is 86.2 cm³/mol. The summed E-state index contributed by atoms with van der Waals surface area (Å²) in [6.45, 7) is 0.301. The number of carbonyl (C=O) groups is 4. The Balaban J connectivity index is 2.47. The van der Waals surface area contributed by atoms with Crippen molar-refractivity contribution >= 4 is 24.9 Å². The van der Waals surface area contributed by atoms with Crippen LogP contribution in [0.3, 0.4) is 0 Å². The summed E-state index contributed by atoms with van der Waals surface area (Å²) >= 11 is 0. The van der Waals surface area contributed by atoms with E-state index in [0.717, 1.165) is 12.1 Å². The highest BCUT2D eigenvalue weighted by molar-refractivity contribution is 5.89. The Morgan fingerprint density at radius 3 is 1.42 bits per heavy atom. The van der Waals surface area contributed by atoms with Crippen molar-refractivity contribution in [1.82, 2.24) is 0 Å². The van der Waals surface area contributed by atoms with Gasteiger partial charge in [-0.1, -0.05) is 11.8 Å². The van der Waals surface area contributed by atoms with Crippen molar-refractivity contribution in [2.45, 2.75) is 0 Å². The molecule has 8 nitrogen and oxygen atoms in total. The average Bonchev–Trinajstić information content (AvgIpc) is 2.60. The van der Waals surface area contributed by atoms with Gasteiger partial charge in [-0.2, -0.15) is 0 Å². The Kier molecular flexibility index (Phi) is 5.69. The molecule has 0 aliphatic heterocycles. The molecule has 0 aromatic heterocycles. The van der Waals surface area contributed by atoms with E-state index >= 15 is 0 Å². The van der Waals surface area contributed by atoms with Gasteiger partial charge in [0, 0.05) is 11.1 Å². The van der Waals surface area contributed by atoms with Crippen LogP contribution in [-0.4, -0.2) is 35.1 Å². The Labute approximate surface area is 146 Å². The van der Waals surface area contributed by atoms with Crippen LogP contribution in [-0.2, 0) is 9.59 Å². The molecule has 0 radical (unpaired) electrons. The molecule has 8 heteroatoms. The lowest BCUT2D eigenvalue weighted by atomic mass is 10.1. The van der Waals surface area contributed by atoms with Crippen LogP contribution < -0.4 is 9.47 Å². The van der Waals surface area contributed by atoms with Gasteiger partial charge in [0.05, 0.1) is 11.1 Å². The number of aromatic carboxylic acids is 2. The lowest BCUT2D eigenvalue weighted by Gasteiger charge is -2.02. The second-order valence-electron chi connectivity index (χ2n) is 4.78. The molecule has 0 spiro atoms. The molecular weight excluding hydrogens is 344 g/mol. The average molecular weight is 354 g/mol. The van der Waals surface area contributed by atoms with Gasteiger partial charge in [-0.15, -0.1) is 0 Å². The summed E-state index contributed by atoms with van der Waals surface area (Å²) in [7, 11) is 0.